The number of benzene rings is 1. The van der Waals surface area contributed by atoms with E-state index in [1.165, 1.54) is 0 Å². The van der Waals surface area contributed by atoms with Gasteiger partial charge in [-0.2, -0.15) is 5.26 Å². The van der Waals surface area contributed by atoms with E-state index in [1.54, 1.807) is 6.07 Å². The number of nitriles is 1. The van der Waals surface area contributed by atoms with Crippen LogP contribution in [-0.4, -0.2) is 0 Å². The van der Waals surface area contributed by atoms with Crippen molar-refractivity contribution in [2.75, 3.05) is 0 Å². The van der Waals surface area contributed by atoms with Crippen molar-refractivity contribution >= 4 is 23.2 Å². The van der Waals surface area contributed by atoms with Gasteiger partial charge in [-0.3, -0.25) is 0 Å². The van der Waals surface area contributed by atoms with Crippen molar-refractivity contribution in [1.29, 1.82) is 5.26 Å². The van der Waals surface area contributed by atoms with Gasteiger partial charge in [0.2, 0.25) is 0 Å². The third kappa shape index (κ3) is 2.34. The summed E-state index contributed by atoms with van der Waals surface area (Å²) in [4.78, 5) is 0. The monoisotopic (exact) mass is 253 g/mol. The zero-order valence-electron chi connectivity index (χ0n) is 8.97. The average Bonchev–Trinajstić information content (AvgIpc) is 2.73. The van der Waals surface area contributed by atoms with Gasteiger partial charge in [0.1, 0.15) is 0 Å². The van der Waals surface area contributed by atoms with Crippen LogP contribution in [0, 0.1) is 16.7 Å². The van der Waals surface area contributed by atoms with Gasteiger partial charge in [-0.15, -0.1) is 0 Å². The highest BCUT2D eigenvalue weighted by Gasteiger charge is 2.33. The molecular weight excluding hydrogens is 241 g/mol. The maximum absolute atomic E-state index is 9.29. The molecule has 0 N–H and O–H groups in total. The molecule has 1 aliphatic rings. The highest BCUT2D eigenvalue weighted by molar-refractivity contribution is 6.42. The summed E-state index contributed by atoms with van der Waals surface area (Å²) in [7, 11) is 0. The molecule has 0 heterocycles. The van der Waals surface area contributed by atoms with Crippen LogP contribution in [0.25, 0.3) is 0 Å². The smallest absolute Gasteiger partial charge is 0.0693 e. The van der Waals surface area contributed by atoms with E-state index < -0.39 is 0 Å². The van der Waals surface area contributed by atoms with Crippen molar-refractivity contribution in [3.8, 4) is 6.07 Å². The van der Waals surface area contributed by atoms with Gasteiger partial charge in [0.15, 0.2) is 0 Å². The van der Waals surface area contributed by atoms with E-state index in [0.29, 0.717) is 10.0 Å². The number of hydrogen-bond donors (Lipinski definition) is 0. The molecule has 0 unspecified atom stereocenters. The zero-order valence-corrected chi connectivity index (χ0v) is 10.5. The van der Waals surface area contributed by atoms with Gasteiger partial charge >= 0.3 is 0 Å². The first-order chi connectivity index (χ1) is 7.65. The Labute approximate surface area is 106 Å². The predicted molar refractivity (Wildman–Crippen MR) is 66.7 cm³/mol. The largest absolute Gasteiger partial charge is 0.198 e. The molecule has 1 aromatic carbocycles. The molecule has 1 aromatic rings. The summed E-state index contributed by atoms with van der Waals surface area (Å²) < 4.78 is 0. The lowest BCUT2D eigenvalue weighted by atomic mass is 9.81. The molecule has 1 saturated carbocycles. The van der Waals surface area contributed by atoms with Crippen molar-refractivity contribution in [3.63, 3.8) is 0 Å². The Kier molecular flexibility index (Phi) is 3.42. The Morgan fingerprint density at radius 2 is 1.88 bits per heavy atom. The van der Waals surface area contributed by atoms with E-state index in [0.717, 1.165) is 37.7 Å². The topological polar surface area (TPSA) is 23.8 Å². The first-order valence-corrected chi connectivity index (χ1v) is 6.26. The fourth-order valence-electron chi connectivity index (χ4n) is 2.42. The highest BCUT2D eigenvalue weighted by atomic mass is 35.5. The van der Waals surface area contributed by atoms with Crippen molar-refractivity contribution in [3.05, 3.63) is 33.8 Å². The lowest BCUT2D eigenvalue weighted by molar-refractivity contribution is 0.408. The van der Waals surface area contributed by atoms with Crippen LogP contribution >= 0.6 is 23.2 Å². The molecule has 16 heavy (non-hydrogen) atoms. The molecule has 84 valence electrons. The average molecular weight is 254 g/mol. The van der Waals surface area contributed by atoms with E-state index in [-0.39, 0.29) is 5.41 Å². The molecule has 0 radical (unpaired) electrons. The summed E-state index contributed by atoms with van der Waals surface area (Å²) in [5.41, 5.74) is 0.940. The molecule has 1 fully saturated rings. The molecule has 3 heteroatoms. The van der Waals surface area contributed by atoms with Crippen LogP contribution in [0.15, 0.2) is 18.2 Å². The maximum atomic E-state index is 9.29. The standard InChI is InChI=1S/C13H13Cl2N/c14-11-4-3-10(7-12(11)15)8-13(9-16)5-1-2-6-13/h3-4,7H,1-2,5-6,8H2. The van der Waals surface area contributed by atoms with E-state index in [2.05, 4.69) is 6.07 Å². The Morgan fingerprint density at radius 3 is 2.44 bits per heavy atom. The molecule has 0 bridgehead atoms. The van der Waals surface area contributed by atoms with Crippen LogP contribution in [0.3, 0.4) is 0 Å². The third-order valence-electron chi connectivity index (χ3n) is 3.32. The molecule has 0 aliphatic heterocycles. The zero-order chi connectivity index (χ0) is 11.6. The van der Waals surface area contributed by atoms with Gasteiger partial charge < -0.3 is 0 Å². The summed E-state index contributed by atoms with van der Waals surface area (Å²) in [5.74, 6) is 0. The molecule has 1 aliphatic carbocycles. The fraction of sp³-hybridized carbons (Fsp3) is 0.462. The van der Waals surface area contributed by atoms with Gasteiger partial charge in [-0.1, -0.05) is 42.1 Å². The van der Waals surface area contributed by atoms with Crippen molar-refractivity contribution in [2.45, 2.75) is 32.1 Å². The number of rotatable bonds is 2. The Bertz CT molecular complexity index is 428. The van der Waals surface area contributed by atoms with Gasteiger partial charge in [0.05, 0.1) is 21.5 Å². The van der Waals surface area contributed by atoms with E-state index in [1.807, 2.05) is 12.1 Å². The van der Waals surface area contributed by atoms with Crippen LogP contribution in [0.5, 0.6) is 0 Å². The summed E-state index contributed by atoms with van der Waals surface area (Å²) in [6, 6.07) is 8.13. The fourth-order valence-corrected chi connectivity index (χ4v) is 2.74. The van der Waals surface area contributed by atoms with Gasteiger partial charge in [-0.05, 0) is 37.0 Å². The molecule has 0 aromatic heterocycles. The normalized spacial score (nSPS) is 18.3. The quantitative estimate of drug-likeness (QED) is 0.755. The van der Waals surface area contributed by atoms with Crippen LogP contribution < -0.4 is 0 Å². The van der Waals surface area contributed by atoms with E-state index >= 15 is 0 Å². The number of halogens is 2. The summed E-state index contributed by atoms with van der Waals surface area (Å²) in [6.07, 6.45) is 5.12. The van der Waals surface area contributed by atoms with Crippen molar-refractivity contribution < 1.29 is 0 Å². The second-order valence-corrected chi connectivity index (χ2v) is 5.34. The summed E-state index contributed by atoms with van der Waals surface area (Å²) >= 11 is 11.8. The van der Waals surface area contributed by atoms with E-state index in [9.17, 15) is 5.26 Å². The van der Waals surface area contributed by atoms with Gasteiger partial charge in [0.25, 0.3) is 0 Å². The minimum Gasteiger partial charge on any atom is -0.198 e. The molecule has 0 amide bonds. The van der Waals surface area contributed by atoms with E-state index in [4.69, 9.17) is 23.2 Å². The molecule has 2 rings (SSSR count). The second-order valence-electron chi connectivity index (χ2n) is 4.52. The van der Waals surface area contributed by atoms with Crippen LogP contribution in [0.2, 0.25) is 10.0 Å². The molecule has 0 spiro atoms. The first kappa shape index (κ1) is 11.8. The molecule has 0 atom stereocenters. The van der Waals surface area contributed by atoms with Crippen LogP contribution in [-0.2, 0) is 6.42 Å². The summed E-state index contributed by atoms with van der Waals surface area (Å²) in [6.45, 7) is 0. The second kappa shape index (κ2) is 4.65. The van der Waals surface area contributed by atoms with Crippen molar-refractivity contribution in [2.24, 2.45) is 5.41 Å². The summed E-state index contributed by atoms with van der Waals surface area (Å²) in [5, 5.41) is 10.4. The number of hydrogen-bond acceptors (Lipinski definition) is 1. The molecule has 0 saturated heterocycles. The minimum absolute atomic E-state index is 0.169. The highest BCUT2D eigenvalue weighted by Crippen LogP contribution is 2.40. The van der Waals surface area contributed by atoms with Crippen molar-refractivity contribution in [1.82, 2.24) is 0 Å². The predicted octanol–water partition coefficient (Wildman–Crippen LogP) is 4.62. The van der Waals surface area contributed by atoms with Gasteiger partial charge in [-0.25, -0.2) is 0 Å². The Balaban J connectivity index is 2.20. The Morgan fingerprint density at radius 1 is 1.19 bits per heavy atom. The molecular formula is C13H13Cl2N. The first-order valence-electron chi connectivity index (χ1n) is 5.50. The molecule has 1 nitrogen and oxygen atoms in total. The SMILES string of the molecule is N#CC1(Cc2ccc(Cl)c(Cl)c2)CCCC1. The van der Waals surface area contributed by atoms with Crippen LogP contribution in [0.1, 0.15) is 31.2 Å². The van der Waals surface area contributed by atoms with Crippen LogP contribution in [0.4, 0.5) is 0 Å². The third-order valence-corrected chi connectivity index (χ3v) is 4.06. The number of nitrogens with zero attached hydrogens (tertiary/aromatic N) is 1. The maximum Gasteiger partial charge on any atom is 0.0693 e. The van der Waals surface area contributed by atoms with Gasteiger partial charge in [0, 0.05) is 0 Å². The Hall–Kier alpha value is -0.710. The minimum atomic E-state index is -0.169. The lowest BCUT2D eigenvalue weighted by Gasteiger charge is -2.20. The lowest BCUT2D eigenvalue weighted by Crippen LogP contribution is -2.16.